The second kappa shape index (κ2) is 5.02. The van der Waals surface area contributed by atoms with Crippen molar-refractivity contribution in [3.63, 3.8) is 0 Å². The minimum atomic E-state index is -0.496. The number of aliphatic hydroxyl groups is 1. The fourth-order valence-corrected chi connectivity index (χ4v) is 3.14. The predicted octanol–water partition coefficient (Wildman–Crippen LogP) is 2.02. The molecule has 0 aromatic heterocycles. The van der Waals surface area contributed by atoms with E-state index in [0.717, 1.165) is 43.0 Å². The van der Waals surface area contributed by atoms with Crippen LogP contribution in [-0.4, -0.2) is 30.4 Å². The van der Waals surface area contributed by atoms with E-state index in [4.69, 9.17) is 9.47 Å². The fraction of sp³-hybridized carbons (Fsp3) is 0.600. The summed E-state index contributed by atoms with van der Waals surface area (Å²) >= 11 is 0. The molecular weight excluding hydrogens is 242 g/mol. The highest BCUT2D eigenvalue weighted by atomic mass is 16.5. The number of rotatable bonds is 2. The Hall–Kier alpha value is -1.26. The van der Waals surface area contributed by atoms with Gasteiger partial charge in [0.15, 0.2) is 0 Å². The zero-order chi connectivity index (χ0) is 13.3. The molecular formula is C15H21NO3. The highest BCUT2D eigenvalue weighted by Gasteiger charge is 2.42. The standard InChI is InChI=1S/C15H21NO3/c1-2-18-12-4-3-5-13-14(12)11(17)10-15(19-13)6-8-16-9-7-15/h3-5,11,16-17H,2,6-10H2,1H3. The van der Waals surface area contributed by atoms with E-state index in [1.807, 2.05) is 25.1 Å². The summed E-state index contributed by atoms with van der Waals surface area (Å²) in [6.45, 7) is 4.45. The maximum Gasteiger partial charge on any atom is 0.129 e. The number of nitrogens with one attached hydrogen (secondary N) is 1. The van der Waals surface area contributed by atoms with Crippen molar-refractivity contribution in [2.45, 2.75) is 37.9 Å². The van der Waals surface area contributed by atoms with E-state index >= 15 is 0 Å². The van der Waals surface area contributed by atoms with E-state index in [1.165, 1.54) is 0 Å². The van der Waals surface area contributed by atoms with Crippen molar-refractivity contribution in [1.29, 1.82) is 0 Å². The molecule has 2 aliphatic rings. The van der Waals surface area contributed by atoms with Crippen LogP contribution in [0.4, 0.5) is 0 Å². The Bertz CT molecular complexity index is 455. The Morgan fingerprint density at radius 2 is 2.21 bits per heavy atom. The molecule has 0 radical (unpaired) electrons. The van der Waals surface area contributed by atoms with Gasteiger partial charge in [-0.3, -0.25) is 0 Å². The van der Waals surface area contributed by atoms with Crippen LogP contribution < -0.4 is 14.8 Å². The normalized spacial score (nSPS) is 24.6. The molecule has 0 bridgehead atoms. The van der Waals surface area contributed by atoms with Gasteiger partial charge in [-0.1, -0.05) is 6.07 Å². The van der Waals surface area contributed by atoms with Crippen molar-refractivity contribution in [3.8, 4) is 11.5 Å². The van der Waals surface area contributed by atoms with E-state index in [2.05, 4.69) is 5.32 Å². The van der Waals surface area contributed by atoms with Crippen molar-refractivity contribution in [2.24, 2.45) is 0 Å². The summed E-state index contributed by atoms with van der Waals surface area (Å²) in [5.41, 5.74) is 0.608. The Morgan fingerprint density at radius 1 is 1.42 bits per heavy atom. The first-order chi connectivity index (χ1) is 9.24. The van der Waals surface area contributed by atoms with Crippen molar-refractivity contribution in [1.82, 2.24) is 5.32 Å². The average Bonchev–Trinajstić information content (AvgIpc) is 2.39. The van der Waals surface area contributed by atoms with Gasteiger partial charge in [-0.2, -0.15) is 0 Å². The summed E-state index contributed by atoms with van der Waals surface area (Å²) in [5.74, 6) is 1.53. The molecule has 19 heavy (non-hydrogen) atoms. The second-order valence-electron chi connectivity index (χ2n) is 5.36. The first kappa shape index (κ1) is 12.8. The zero-order valence-corrected chi connectivity index (χ0v) is 11.3. The molecule has 2 N–H and O–H groups in total. The van der Waals surface area contributed by atoms with Crippen molar-refractivity contribution in [3.05, 3.63) is 23.8 Å². The first-order valence-corrected chi connectivity index (χ1v) is 7.08. The van der Waals surface area contributed by atoms with Crippen LogP contribution >= 0.6 is 0 Å². The van der Waals surface area contributed by atoms with Gasteiger partial charge in [-0.15, -0.1) is 0 Å². The van der Waals surface area contributed by atoms with Crippen LogP contribution in [-0.2, 0) is 0 Å². The molecule has 0 aliphatic carbocycles. The third-order valence-electron chi connectivity index (χ3n) is 4.07. The Kier molecular flexibility index (Phi) is 3.37. The van der Waals surface area contributed by atoms with Gasteiger partial charge in [0, 0.05) is 6.42 Å². The monoisotopic (exact) mass is 263 g/mol. The van der Waals surface area contributed by atoms with E-state index in [9.17, 15) is 5.11 Å². The molecule has 2 heterocycles. The molecule has 1 fully saturated rings. The number of hydrogen-bond donors (Lipinski definition) is 2. The lowest BCUT2D eigenvalue weighted by molar-refractivity contribution is -0.0348. The molecule has 1 aromatic rings. The van der Waals surface area contributed by atoms with E-state index < -0.39 is 6.10 Å². The van der Waals surface area contributed by atoms with Crippen LogP contribution in [0.5, 0.6) is 11.5 Å². The Labute approximate surface area is 113 Å². The van der Waals surface area contributed by atoms with Gasteiger partial charge in [0.25, 0.3) is 0 Å². The van der Waals surface area contributed by atoms with Crippen LogP contribution in [0.1, 0.15) is 37.9 Å². The molecule has 1 spiro atoms. The molecule has 3 rings (SSSR count). The maximum atomic E-state index is 10.5. The maximum absolute atomic E-state index is 10.5. The molecule has 0 amide bonds. The summed E-state index contributed by atoms with van der Waals surface area (Å²) in [5, 5.41) is 13.8. The van der Waals surface area contributed by atoms with Gasteiger partial charge >= 0.3 is 0 Å². The number of piperidine rings is 1. The van der Waals surface area contributed by atoms with Crippen LogP contribution in [0.3, 0.4) is 0 Å². The summed E-state index contributed by atoms with van der Waals surface area (Å²) in [6.07, 6.45) is 2.06. The summed E-state index contributed by atoms with van der Waals surface area (Å²) in [4.78, 5) is 0. The number of benzene rings is 1. The highest BCUT2D eigenvalue weighted by Crippen LogP contribution is 2.46. The van der Waals surface area contributed by atoms with Crippen molar-refractivity contribution >= 4 is 0 Å². The lowest BCUT2D eigenvalue weighted by Crippen LogP contribution is -2.49. The van der Waals surface area contributed by atoms with Gasteiger partial charge in [0.1, 0.15) is 17.1 Å². The predicted molar refractivity (Wildman–Crippen MR) is 72.7 cm³/mol. The Morgan fingerprint density at radius 3 is 2.95 bits per heavy atom. The smallest absolute Gasteiger partial charge is 0.129 e. The first-order valence-electron chi connectivity index (χ1n) is 7.08. The highest BCUT2D eigenvalue weighted by molar-refractivity contribution is 5.48. The molecule has 1 aromatic carbocycles. The van der Waals surface area contributed by atoms with Crippen LogP contribution in [0.15, 0.2) is 18.2 Å². The second-order valence-corrected chi connectivity index (χ2v) is 5.36. The lowest BCUT2D eigenvalue weighted by atomic mass is 9.82. The van der Waals surface area contributed by atoms with Gasteiger partial charge in [-0.25, -0.2) is 0 Å². The molecule has 1 unspecified atom stereocenters. The molecule has 1 saturated heterocycles. The Balaban J connectivity index is 1.94. The van der Waals surface area contributed by atoms with Gasteiger partial charge in [0.05, 0.1) is 18.3 Å². The van der Waals surface area contributed by atoms with E-state index in [0.29, 0.717) is 13.0 Å². The minimum Gasteiger partial charge on any atom is -0.493 e. The molecule has 104 valence electrons. The quantitative estimate of drug-likeness (QED) is 0.857. The number of aliphatic hydroxyl groups excluding tert-OH is 1. The molecule has 4 heteroatoms. The molecule has 0 saturated carbocycles. The van der Waals surface area contributed by atoms with Gasteiger partial charge in [0.2, 0.25) is 0 Å². The topological polar surface area (TPSA) is 50.7 Å². The van der Waals surface area contributed by atoms with Gasteiger partial charge < -0.3 is 19.9 Å². The summed E-state index contributed by atoms with van der Waals surface area (Å²) in [6, 6.07) is 5.76. The third-order valence-corrected chi connectivity index (χ3v) is 4.07. The fourth-order valence-electron chi connectivity index (χ4n) is 3.14. The number of fused-ring (bicyclic) bond motifs is 1. The van der Waals surface area contributed by atoms with Gasteiger partial charge in [-0.05, 0) is 45.0 Å². The van der Waals surface area contributed by atoms with Crippen LogP contribution in [0, 0.1) is 0 Å². The van der Waals surface area contributed by atoms with Crippen molar-refractivity contribution in [2.75, 3.05) is 19.7 Å². The lowest BCUT2D eigenvalue weighted by Gasteiger charge is -2.43. The van der Waals surface area contributed by atoms with Crippen LogP contribution in [0.25, 0.3) is 0 Å². The SMILES string of the molecule is CCOc1cccc2c1C(O)CC1(CCNCC1)O2. The molecule has 2 aliphatic heterocycles. The molecule has 4 nitrogen and oxygen atoms in total. The number of hydrogen-bond acceptors (Lipinski definition) is 4. The van der Waals surface area contributed by atoms with Crippen molar-refractivity contribution < 1.29 is 14.6 Å². The summed E-state index contributed by atoms with van der Waals surface area (Å²) in [7, 11) is 0. The molecule has 1 atom stereocenters. The van der Waals surface area contributed by atoms with E-state index in [1.54, 1.807) is 0 Å². The number of ether oxygens (including phenoxy) is 2. The van der Waals surface area contributed by atoms with Crippen LogP contribution in [0.2, 0.25) is 0 Å². The summed E-state index contributed by atoms with van der Waals surface area (Å²) < 4.78 is 11.8. The minimum absolute atomic E-state index is 0.206. The zero-order valence-electron chi connectivity index (χ0n) is 11.3. The third kappa shape index (κ3) is 2.30. The average molecular weight is 263 g/mol. The van der Waals surface area contributed by atoms with E-state index in [-0.39, 0.29) is 5.60 Å². The largest absolute Gasteiger partial charge is 0.493 e.